The standard InChI is InChI=1S/C65H114O5/c1-4-7-10-13-16-19-22-25-28-30-32-34-36-39-42-45-48-51-54-57-60-68-61-63(70-65(67)59-56-53-50-47-44-41-37-27-24-21-18-15-12-9-6-3)62-69-64(66)58-55-52-49-46-43-40-38-35-33-31-29-26-23-20-17-14-11-8-5-2/h9,12,16,18-19,21,25,27-28,32,34,37,44,47,63H,4-8,10-11,13-15,17,20,22-24,26,29-31,33,35-36,38-43,45-46,48-62H2,1-3H3/b12-9-,19-16-,21-18-,28-25-,34-32-,37-27-,47-44-. The topological polar surface area (TPSA) is 61.8 Å². The van der Waals surface area contributed by atoms with Crippen molar-refractivity contribution in [3.8, 4) is 0 Å². The highest BCUT2D eigenvalue weighted by atomic mass is 16.6. The Morgan fingerprint density at radius 1 is 0.329 bits per heavy atom. The molecule has 0 bridgehead atoms. The van der Waals surface area contributed by atoms with E-state index in [-0.39, 0.29) is 25.2 Å². The first-order chi connectivity index (χ1) is 34.6. The Hall–Kier alpha value is -2.92. The highest BCUT2D eigenvalue weighted by Gasteiger charge is 2.17. The number of hydrogen-bond acceptors (Lipinski definition) is 5. The van der Waals surface area contributed by atoms with E-state index in [1.165, 1.54) is 173 Å². The predicted octanol–water partition coefficient (Wildman–Crippen LogP) is 20.8. The maximum Gasteiger partial charge on any atom is 0.306 e. The predicted molar refractivity (Wildman–Crippen MR) is 307 cm³/mol. The first kappa shape index (κ1) is 67.1. The van der Waals surface area contributed by atoms with E-state index in [0.29, 0.717) is 19.4 Å². The van der Waals surface area contributed by atoms with Crippen LogP contribution >= 0.6 is 0 Å². The number of esters is 2. The summed E-state index contributed by atoms with van der Waals surface area (Å²) in [4.78, 5) is 25.5. The van der Waals surface area contributed by atoms with Crippen molar-refractivity contribution in [2.45, 2.75) is 297 Å². The largest absolute Gasteiger partial charge is 0.462 e. The van der Waals surface area contributed by atoms with E-state index >= 15 is 0 Å². The molecule has 70 heavy (non-hydrogen) atoms. The second-order valence-electron chi connectivity index (χ2n) is 19.9. The molecule has 0 saturated carbocycles. The Morgan fingerprint density at radius 3 is 1.09 bits per heavy atom. The lowest BCUT2D eigenvalue weighted by atomic mass is 10.0. The number of carbonyl (C=O) groups excluding carboxylic acids is 2. The van der Waals surface area contributed by atoms with Gasteiger partial charge in [0.05, 0.1) is 6.61 Å². The second kappa shape index (κ2) is 60.4. The van der Waals surface area contributed by atoms with Crippen LogP contribution in [0.4, 0.5) is 0 Å². The molecule has 0 spiro atoms. The number of allylic oxidation sites excluding steroid dienone is 14. The van der Waals surface area contributed by atoms with Crippen LogP contribution in [0.15, 0.2) is 85.1 Å². The quantitative estimate of drug-likeness (QED) is 0.0345. The Bertz CT molecular complexity index is 1290. The Balaban J connectivity index is 4.31. The van der Waals surface area contributed by atoms with Crippen LogP contribution in [0.5, 0.6) is 0 Å². The number of carbonyl (C=O) groups is 2. The maximum absolute atomic E-state index is 12.9. The van der Waals surface area contributed by atoms with Gasteiger partial charge in [0.25, 0.3) is 0 Å². The second-order valence-corrected chi connectivity index (χ2v) is 19.9. The van der Waals surface area contributed by atoms with Gasteiger partial charge in [0.2, 0.25) is 0 Å². The Kier molecular flexibility index (Phi) is 57.9. The van der Waals surface area contributed by atoms with Crippen molar-refractivity contribution in [3.05, 3.63) is 85.1 Å². The zero-order valence-electron chi connectivity index (χ0n) is 46.5. The molecule has 0 aromatic heterocycles. The fraction of sp³-hybridized carbons (Fsp3) is 0.754. The van der Waals surface area contributed by atoms with Crippen molar-refractivity contribution in [1.29, 1.82) is 0 Å². The molecule has 0 aromatic rings. The van der Waals surface area contributed by atoms with Crippen LogP contribution in [0, 0.1) is 0 Å². The molecule has 1 atom stereocenters. The van der Waals surface area contributed by atoms with Crippen LogP contribution in [0.25, 0.3) is 0 Å². The average molecular weight is 976 g/mol. The van der Waals surface area contributed by atoms with Gasteiger partial charge in [-0.2, -0.15) is 0 Å². The minimum atomic E-state index is -0.566. The van der Waals surface area contributed by atoms with Gasteiger partial charge in [-0.05, 0) is 96.3 Å². The number of rotatable bonds is 55. The molecule has 0 aromatic carbocycles. The minimum Gasteiger partial charge on any atom is -0.462 e. The summed E-state index contributed by atoms with van der Waals surface area (Å²) in [7, 11) is 0. The van der Waals surface area contributed by atoms with Gasteiger partial charge in [0, 0.05) is 19.4 Å². The van der Waals surface area contributed by atoms with Crippen LogP contribution in [-0.2, 0) is 23.8 Å². The minimum absolute atomic E-state index is 0.0639. The van der Waals surface area contributed by atoms with Crippen LogP contribution in [-0.4, -0.2) is 37.9 Å². The molecule has 0 heterocycles. The molecule has 0 amide bonds. The average Bonchev–Trinajstić information content (AvgIpc) is 3.36. The van der Waals surface area contributed by atoms with Gasteiger partial charge >= 0.3 is 11.9 Å². The first-order valence-corrected chi connectivity index (χ1v) is 30.1. The number of hydrogen-bond donors (Lipinski definition) is 0. The molecule has 0 aliphatic carbocycles. The molecule has 1 unspecified atom stereocenters. The zero-order chi connectivity index (χ0) is 50.6. The zero-order valence-corrected chi connectivity index (χ0v) is 46.5. The Morgan fingerprint density at radius 2 is 0.643 bits per heavy atom. The summed E-state index contributed by atoms with van der Waals surface area (Å²) in [5.41, 5.74) is 0. The summed E-state index contributed by atoms with van der Waals surface area (Å²) in [5, 5.41) is 0. The third-order valence-electron chi connectivity index (χ3n) is 12.9. The fourth-order valence-corrected chi connectivity index (χ4v) is 8.45. The lowest BCUT2D eigenvalue weighted by Gasteiger charge is -2.18. The van der Waals surface area contributed by atoms with Gasteiger partial charge in [0.15, 0.2) is 6.10 Å². The summed E-state index contributed by atoms with van der Waals surface area (Å²) in [5.74, 6) is -0.441. The van der Waals surface area contributed by atoms with E-state index in [2.05, 4.69) is 106 Å². The van der Waals surface area contributed by atoms with Crippen molar-refractivity contribution in [1.82, 2.24) is 0 Å². The van der Waals surface area contributed by atoms with E-state index in [9.17, 15) is 9.59 Å². The summed E-state index contributed by atoms with van der Waals surface area (Å²) in [6, 6.07) is 0. The molecule has 0 saturated heterocycles. The third-order valence-corrected chi connectivity index (χ3v) is 12.9. The van der Waals surface area contributed by atoms with Crippen LogP contribution in [0.3, 0.4) is 0 Å². The summed E-state index contributed by atoms with van der Waals surface area (Å²) < 4.78 is 17.5. The maximum atomic E-state index is 12.9. The van der Waals surface area contributed by atoms with Crippen molar-refractivity contribution < 1.29 is 23.8 Å². The Labute approximate surface area is 435 Å². The van der Waals surface area contributed by atoms with Gasteiger partial charge in [-0.25, -0.2) is 0 Å². The van der Waals surface area contributed by atoms with Gasteiger partial charge < -0.3 is 14.2 Å². The molecule has 0 N–H and O–H groups in total. The van der Waals surface area contributed by atoms with Gasteiger partial charge in [-0.1, -0.05) is 266 Å². The van der Waals surface area contributed by atoms with Crippen LogP contribution in [0.1, 0.15) is 290 Å². The van der Waals surface area contributed by atoms with Gasteiger partial charge in [-0.3, -0.25) is 9.59 Å². The summed E-state index contributed by atoms with van der Waals surface area (Å²) in [6.45, 7) is 7.66. The third kappa shape index (κ3) is 57.7. The molecule has 0 fully saturated rings. The molecule has 0 aliphatic rings. The summed E-state index contributed by atoms with van der Waals surface area (Å²) in [6.07, 6.45) is 80.4. The number of unbranched alkanes of at least 4 members (excludes halogenated alkanes) is 30. The van der Waals surface area contributed by atoms with Crippen molar-refractivity contribution in [2.75, 3.05) is 19.8 Å². The number of ether oxygens (including phenoxy) is 3. The van der Waals surface area contributed by atoms with Gasteiger partial charge in [-0.15, -0.1) is 0 Å². The lowest BCUT2D eigenvalue weighted by Crippen LogP contribution is -2.30. The molecule has 404 valence electrons. The van der Waals surface area contributed by atoms with Gasteiger partial charge in [0.1, 0.15) is 6.61 Å². The molecule has 5 heteroatoms. The van der Waals surface area contributed by atoms with Crippen LogP contribution < -0.4 is 0 Å². The smallest absolute Gasteiger partial charge is 0.306 e. The van der Waals surface area contributed by atoms with Crippen molar-refractivity contribution >= 4 is 11.9 Å². The van der Waals surface area contributed by atoms with Crippen molar-refractivity contribution in [3.63, 3.8) is 0 Å². The molecular formula is C65H114O5. The molecule has 0 aliphatic heterocycles. The lowest BCUT2D eigenvalue weighted by molar-refractivity contribution is -0.163. The van der Waals surface area contributed by atoms with Crippen molar-refractivity contribution in [2.24, 2.45) is 0 Å². The molecular weight excluding hydrogens is 861 g/mol. The fourth-order valence-electron chi connectivity index (χ4n) is 8.45. The summed E-state index contributed by atoms with van der Waals surface area (Å²) >= 11 is 0. The van der Waals surface area contributed by atoms with E-state index < -0.39 is 6.10 Å². The molecule has 5 nitrogen and oxygen atoms in total. The highest BCUT2D eigenvalue weighted by Crippen LogP contribution is 2.16. The van der Waals surface area contributed by atoms with E-state index in [4.69, 9.17) is 14.2 Å². The van der Waals surface area contributed by atoms with E-state index in [0.717, 1.165) is 83.5 Å². The van der Waals surface area contributed by atoms with E-state index in [1.54, 1.807) is 0 Å². The monoisotopic (exact) mass is 975 g/mol. The normalized spacial score (nSPS) is 12.8. The van der Waals surface area contributed by atoms with E-state index in [1.807, 2.05) is 0 Å². The van der Waals surface area contributed by atoms with Crippen LogP contribution in [0.2, 0.25) is 0 Å². The first-order valence-electron chi connectivity index (χ1n) is 30.1. The molecule has 0 rings (SSSR count). The molecule has 0 radical (unpaired) electrons. The SMILES string of the molecule is CC/C=C\C/C=C\C/C=C\C/C=C\CCCCC(=O)OC(COCCCCCCCCC/C=C\C/C=C\C/C=C\CCCCC)COC(=O)CCCCCCCCCCCCCCCCCCCCC. The highest BCUT2D eigenvalue weighted by molar-refractivity contribution is 5.70.